The van der Waals surface area contributed by atoms with Crippen LogP contribution in [0.1, 0.15) is 38.3 Å². The molecule has 1 atom stereocenters. The molecule has 0 aliphatic heterocycles. The Balaban J connectivity index is 3.10. The summed E-state index contributed by atoms with van der Waals surface area (Å²) in [5.41, 5.74) is 0.972. The summed E-state index contributed by atoms with van der Waals surface area (Å²) in [6.07, 6.45) is 1.34. The minimum atomic E-state index is -3.50. The second-order valence-electron chi connectivity index (χ2n) is 4.90. The van der Waals surface area contributed by atoms with Gasteiger partial charge in [-0.25, -0.2) is 8.42 Å². The van der Waals surface area contributed by atoms with Crippen LogP contribution < -0.4 is 5.32 Å². The van der Waals surface area contributed by atoms with Gasteiger partial charge in [-0.2, -0.15) is 4.31 Å². The summed E-state index contributed by atoms with van der Waals surface area (Å²) in [5, 5.41) is 12.1. The van der Waals surface area contributed by atoms with Gasteiger partial charge in [0.2, 0.25) is 10.0 Å². The zero-order chi connectivity index (χ0) is 15.9. The number of rotatable bonds is 9. The molecule has 0 amide bonds. The van der Waals surface area contributed by atoms with Crippen LogP contribution in [-0.4, -0.2) is 44.6 Å². The summed E-state index contributed by atoms with van der Waals surface area (Å²) in [6, 6.07) is 7.23. The topological polar surface area (TPSA) is 69.6 Å². The number of sulfonamides is 1. The molecule has 2 N–H and O–H groups in total. The van der Waals surface area contributed by atoms with Crippen molar-refractivity contribution in [3.63, 3.8) is 0 Å². The Labute approximate surface area is 128 Å². The van der Waals surface area contributed by atoms with Crippen LogP contribution in [0.4, 0.5) is 0 Å². The highest BCUT2D eigenvalue weighted by Gasteiger charge is 2.23. The second-order valence-corrected chi connectivity index (χ2v) is 6.83. The van der Waals surface area contributed by atoms with Crippen molar-refractivity contribution in [1.29, 1.82) is 0 Å². The number of nitrogens with one attached hydrogen (secondary N) is 1. The molecule has 1 rings (SSSR count). The summed E-state index contributed by atoms with van der Waals surface area (Å²) in [6.45, 7) is 4.59. The van der Waals surface area contributed by atoms with Gasteiger partial charge in [0.1, 0.15) is 0 Å². The molecule has 0 spiro atoms. The number of hydrogen-bond acceptors (Lipinski definition) is 4. The molecule has 0 aromatic heterocycles. The largest absolute Gasteiger partial charge is 0.396 e. The average Bonchev–Trinajstić information content (AvgIpc) is 2.49. The van der Waals surface area contributed by atoms with Gasteiger partial charge in [0.05, 0.1) is 4.90 Å². The fourth-order valence-electron chi connectivity index (χ4n) is 2.34. The third kappa shape index (κ3) is 4.51. The third-order valence-corrected chi connectivity index (χ3v) is 5.54. The highest BCUT2D eigenvalue weighted by Crippen LogP contribution is 2.22. The Kier molecular flexibility index (Phi) is 7.31. The summed E-state index contributed by atoms with van der Waals surface area (Å²) < 4.78 is 26.7. The first-order valence-corrected chi connectivity index (χ1v) is 8.83. The fraction of sp³-hybridized carbons (Fsp3) is 0.600. The minimum Gasteiger partial charge on any atom is -0.396 e. The normalized spacial score (nSPS) is 13.6. The van der Waals surface area contributed by atoms with Gasteiger partial charge in [-0.15, -0.1) is 0 Å². The van der Waals surface area contributed by atoms with E-state index in [9.17, 15) is 8.42 Å². The van der Waals surface area contributed by atoms with Crippen LogP contribution in [0.25, 0.3) is 0 Å². The Bertz CT molecular complexity index is 527. The molecule has 1 unspecified atom stereocenters. The first kappa shape index (κ1) is 18.1. The van der Waals surface area contributed by atoms with Crippen molar-refractivity contribution in [2.75, 3.05) is 26.7 Å². The van der Waals surface area contributed by atoms with Crippen molar-refractivity contribution in [1.82, 2.24) is 9.62 Å². The van der Waals surface area contributed by atoms with E-state index in [2.05, 4.69) is 12.2 Å². The van der Waals surface area contributed by atoms with Gasteiger partial charge in [0, 0.05) is 25.7 Å². The van der Waals surface area contributed by atoms with E-state index in [0.717, 1.165) is 12.0 Å². The van der Waals surface area contributed by atoms with Crippen LogP contribution in [-0.2, 0) is 10.0 Å². The van der Waals surface area contributed by atoms with Gasteiger partial charge in [0.25, 0.3) is 0 Å². The molecule has 0 radical (unpaired) electrons. The van der Waals surface area contributed by atoms with Crippen molar-refractivity contribution < 1.29 is 13.5 Å². The van der Waals surface area contributed by atoms with Gasteiger partial charge in [0.15, 0.2) is 0 Å². The Morgan fingerprint density at radius 1 is 1.33 bits per heavy atom. The number of hydrogen-bond donors (Lipinski definition) is 2. The van der Waals surface area contributed by atoms with Crippen molar-refractivity contribution in [3.8, 4) is 0 Å². The number of nitrogens with zero attached hydrogens (tertiary/aromatic N) is 1. The highest BCUT2D eigenvalue weighted by molar-refractivity contribution is 7.89. The van der Waals surface area contributed by atoms with Crippen LogP contribution in [0, 0.1) is 0 Å². The lowest BCUT2D eigenvalue weighted by Gasteiger charge is -2.21. The average molecular weight is 314 g/mol. The molecular formula is C15H26N2O3S. The van der Waals surface area contributed by atoms with Crippen LogP contribution >= 0.6 is 0 Å². The molecule has 5 nitrogen and oxygen atoms in total. The maximum Gasteiger partial charge on any atom is 0.243 e. The van der Waals surface area contributed by atoms with Gasteiger partial charge in [-0.1, -0.05) is 26.0 Å². The molecule has 0 heterocycles. The smallest absolute Gasteiger partial charge is 0.243 e. The van der Waals surface area contributed by atoms with Crippen LogP contribution in [0.5, 0.6) is 0 Å². The summed E-state index contributed by atoms with van der Waals surface area (Å²) in [5.74, 6) is 0. The summed E-state index contributed by atoms with van der Waals surface area (Å²) in [7, 11) is -1.63. The fourth-order valence-corrected chi connectivity index (χ4v) is 3.89. The number of benzene rings is 1. The zero-order valence-corrected chi connectivity index (χ0v) is 13.9. The molecular weight excluding hydrogens is 288 g/mol. The molecule has 21 heavy (non-hydrogen) atoms. The zero-order valence-electron chi connectivity index (χ0n) is 13.0. The Morgan fingerprint density at radius 2 is 2.05 bits per heavy atom. The number of aliphatic hydroxyl groups excluding tert-OH is 1. The standard InChI is InChI=1S/C15H26N2O3S/c1-4-15(16-3)13-8-6-9-14(12-13)21(19,20)17(5-2)10-7-11-18/h6,8-9,12,15-16,18H,4-5,7,10-11H2,1-3H3. The van der Waals surface area contributed by atoms with Crippen molar-refractivity contribution in [3.05, 3.63) is 29.8 Å². The van der Waals surface area contributed by atoms with E-state index in [4.69, 9.17) is 5.11 Å². The van der Waals surface area contributed by atoms with Gasteiger partial charge >= 0.3 is 0 Å². The van der Waals surface area contributed by atoms with E-state index in [1.165, 1.54) is 4.31 Å². The first-order valence-electron chi connectivity index (χ1n) is 7.39. The van der Waals surface area contributed by atoms with E-state index in [0.29, 0.717) is 24.4 Å². The van der Waals surface area contributed by atoms with Gasteiger partial charge < -0.3 is 10.4 Å². The Morgan fingerprint density at radius 3 is 2.57 bits per heavy atom. The maximum absolute atomic E-state index is 12.6. The first-order chi connectivity index (χ1) is 10.0. The highest BCUT2D eigenvalue weighted by atomic mass is 32.2. The molecule has 0 saturated carbocycles. The van der Waals surface area contributed by atoms with Crippen molar-refractivity contribution >= 4 is 10.0 Å². The van der Waals surface area contributed by atoms with E-state index >= 15 is 0 Å². The molecule has 0 saturated heterocycles. The lowest BCUT2D eigenvalue weighted by molar-refractivity contribution is 0.271. The second kappa shape index (κ2) is 8.48. The predicted octanol–water partition coefficient (Wildman–Crippen LogP) is 1.75. The summed E-state index contributed by atoms with van der Waals surface area (Å²) in [4.78, 5) is 0.313. The SMILES string of the molecule is CCC(NC)c1cccc(S(=O)(=O)N(CC)CCCO)c1. The quantitative estimate of drug-likeness (QED) is 0.728. The molecule has 6 heteroatoms. The van der Waals surface area contributed by atoms with Crippen LogP contribution in [0.2, 0.25) is 0 Å². The summed E-state index contributed by atoms with van der Waals surface area (Å²) >= 11 is 0. The molecule has 0 aliphatic rings. The molecule has 1 aromatic carbocycles. The van der Waals surface area contributed by atoms with Crippen molar-refractivity contribution in [2.45, 2.75) is 37.6 Å². The minimum absolute atomic E-state index is 0.0102. The molecule has 120 valence electrons. The molecule has 0 bridgehead atoms. The molecule has 0 fully saturated rings. The molecule has 0 aliphatic carbocycles. The monoisotopic (exact) mass is 314 g/mol. The third-order valence-electron chi connectivity index (χ3n) is 3.57. The maximum atomic E-state index is 12.6. The molecule has 1 aromatic rings. The lowest BCUT2D eigenvalue weighted by Crippen LogP contribution is -2.32. The van der Waals surface area contributed by atoms with E-state index in [1.807, 2.05) is 13.1 Å². The predicted molar refractivity (Wildman–Crippen MR) is 84.7 cm³/mol. The van der Waals surface area contributed by atoms with Crippen molar-refractivity contribution in [2.24, 2.45) is 0 Å². The number of aliphatic hydroxyl groups is 1. The van der Waals surface area contributed by atoms with Crippen LogP contribution in [0.3, 0.4) is 0 Å². The lowest BCUT2D eigenvalue weighted by atomic mass is 10.1. The van der Waals surface area contributed by atoms with Crippen LogP contribution in [0.15, 0.2) is 29.2 Å². The van der Waals surface area contributed by atoms with E-state index in [1.54, 1.807) is 25.1 Å². The van der Waals surface area contributed by atoms with E-state index in [-0.39, 0.29) is 12.6 Å². The van der Waals surface area contributed by atoms with Gasteiger partial charge in [-0.05, 0) is 37.6 Å². The van der Waals surface area contributed by atoms with Gasteiger partial charge in [-0.3, -0.25) is 0 Å². The van der Waals surface area contributed by atoms with E-state index < -0.39 is 10.0 Å². The Hall–Kier alpha value is -0.950.